The van der Waals surface area contributed by atoms with E-state index < -0.39 is 0 Å². The summed E-state index contributed by atoms with van der Waals surface area (Å²) < 4.78 is 7.88. The van der Waals surface area contributed by atoms with Crippen LogP contribution in [0.25, 0.3) is 32.4 Å². The first-order chi connectivity index (χ1) is 17.6. The van der Waals surface area contributed by atoms with Crippen LogP contribution < -0.4 is 4.80 Å². The molecule has 178 valence electrons. The zero-order chi connectivity index (χ0) is 25.1. The highest BCUT2D eigenvalue weighted by Crippen LogP contribution is 2.26. The van der Waals surface area contributed by atoms with Crippen LogP contribution in [0.2, 0.25) is 0 Å². The number of hydrogen-bond acceptors (Lipinski definition) is 5. The van der Waals surface area contributed by atoms with E-state index in [-0.39, 0.29) is 11.9 Å². The molecule has 0 aliphatic carbocycles. The van der Waals surface area contributed by atoms with Gasteiger partial charge in [0.2, 0.25) is 0 Å². The molecule has 5 aromatic rings. The van der Waals surface area contributed by atoms with Crippen molar-refractivity contribution in [1.82, 2.24) is 9.55 Å². The maximum Gasteiger partial charge on any atom is 0.338 e. The maximum atomic E-state index is 13.6. The van der Waals surface area contributed by atoms with Crippen molar-refractivity contribution < 1.29 is 14.3 Å². The molecule has 0 bridgehead atoms. The van der Waals surface area contributed by atoms with E-state index in [1.165, 1.54) is 11.3 Å². The predicted molar refractivity (Wildman–Crippen MR) is 143 cm³/mol. The summed E-state index contributed by atoms with van der Waals surface area (Å²) in [5.74, 6) is -0.741. The Balaban J connectivity index is 1.66. The van der Waals surface area contributed by atoms with Gasteiger partial charge in [0.05, 0.1) is 39.2 Å². The van der Waals surface area contributed by atoms with Crippen LogP contribution in [-0.2, 0) is 11.3 Å². The highest BCUT2D eigenvalue weighted by Gasteiger charge is 2.16. The number of nitrogens with zero attached hydrogens (tertiary/aromatic N) is 3. The molecule has 7 heteroatoms. The fourth-order valence-electron chi connectivity index (χ4n) is 4.06. The smallest absolute Gasteiger partial charge is 0.338 e. The van der Waals surface area contributed by atoms with Crippen LogP contribution in [0.1, 0.15) is 27.6 Å². The molecule has 0 atom stereocenters. The third kappa shape index (κ3) is 4.48. The fourth-order valence-corrected chi connectivity index (χ4v) is 5.14. The molecule has 0 N–H and O–H groups in total. The van der Waals surface area contributed by atoms with Crippen LogP contribution in [0, 0.1) is 0 Å². The lowest BCUT2D eigenvalue weighted by molar-refractivity contribution is 0.0526. The summed E-state index contributed by atoms with van der Waals surface area (Å²) in [5, 5.41) is 0.743. The maximum absolute atomic E-state index is 13.6. The first-order valence-electron chi connectivity index (χ1n) is 11.5. The van der Waals surface area contributed by atoms with Gasteiger partial charge in [-0.1, -0.05) is 65.9 Å². The lowest BCUT2D eigenvalue weighted by atomic mass is 10.0. The Labute approximate surface area is 211 Å². The van der Waals surface area contributed by atoms with Gasteiger partial charge in [0.15, 0.2) is 4.80 Å². The van der Waals surface area contributed by atoms with Crippen molar-refractivity contribution in [3.8, 4) is 11.3 Å². The molecule has 6 nitrogen and oxygen atoms in total. The molecule has 0 saturated heterocycles. The standard InChI is InChI=1S/C29H23N3O3S/c1-3-16-32-25-15-14-20(28(34)35-4-2)17-26(25)36-29(32)31-27(33)22-18-24(19-10-6-5-7-11-19)30-23-13-9-8-12-21(22)23/h3,5-15,17-18H,1,4,16H2,2H3. The van der Waals surface area contributed by atoms with E-state index in [0.717, 1.165) is 26.7 Å². The van der Waals surface area contributed by atoms with E-state index in [0.29, 0.717) is 34.8 Å². The van der Waals surface area contributed by atoms with E-state index >= 15 is 0 Å². The van der Waals surface area contributed by atoms with Crippen molar-refractivity contribution in [2.24, 2.45) is 4.99 Å². The number of thiazole rings is 1. The summed E-state index contributed by atoms with van der Waals surface area (Å²) in [6.07, 6.45) is 1.75. The second-order valence-corrected chi connectivity index (χ2v) is 9.05. The number of rotatable bonds is 6. The molecule has 1 amide bonds. The van der Waals surface area contributed by atoms with Gasteiger partial charge in [-0.15, -0.1) is 6.58 Å². The summed E-state index contributed by atoms with van der Waals surface area (Å²) in [4.78, 5) is 35.6. The minimum atomic E-state index is -0.380. The summed E-state index contributed by atoms with van der Waals surface area (Å²) in [6, 6.07) is 24.5. The number of para-hydroxylation sites is 1. The van der Waals surface area contributed by atoms with E-state index in [1.54, 1.807) is 31.2 Å². The van der Waals surface area contributed by atoms with E-state index in [1.807, 2.05) is 65.2 Å². The molecule has 5 rings (SSSR count). The largest absolute Gasteiger partial charge is 0.462 e. The number of carbonyl (C=O) groups excluding carboxylic acids is 2. The lowest BCUT2D eigenvalue weighted by Crippen LogP contribution is -2.16. The minimum absolute atomic E-state index is 0.303. The molecule has 2 heterocycles. The number of benzene rings is 3. The van der Waals surface area contributed by atoms with E-state index in [2.05, 4.69) is 11.6 Å². The number of hydrogen-bond donors (Lipinski definition) is 0. The van der Waals surface area contributed by atoms with Crippen molar-refractivity contribution in [2.45, 2.75) is 13.5 Å². The Morgan fingerprint density at radius 1 is 1.06 bits per heavy atom. The Kier molecular flexibility index (Phi) is 6.56. The minimum Gasteiger partial charge on any atom is -0.462 e. The number of amides is 1. The fraction of sp³-hybridized carbons (Fsp3) is 0.103. The van der Waals surface area contributed by atoms with E-state index in [9.17, 15) is 9.59 Å². The summed E-state index contributed by atoms with van der Waals surface area (Å²) >= 11 is 1.35. The second-order valence-electron chi connectivity index (χ2n) is 8.04. The van der Waals surface area contributed by atoms with Crippen LogP contribution in [-0.4, -0.2) is 28.0 Å². The van der Waals surface area contributed by atoms with Crippen molar-refractivity contribution >= 4 is 44.3 Å². The van der Waals surface area contributed by atoms with Crippen molar-refractivity contribution in [1.29, 1.82) is 0 Å². The molecule has 0 radical (unpaired) electrons. The Morgan fingerprint density at radius 2 is 1.83 bits per heavy atom. The van der Waals surface area contributed by atoms with Gasteiger partial charge in [-0.3, -0.25) is 4.79 Å². The first kappa shape index (κ1) is 23.4. The molecular formula is C29H23N3O3S. The first-order valence-corrected chi connectivity index (χ1v) is 12.4. The van der Waals surface area contributed by atoms with Crippen LogP contribution in [0.5, 0.6) is 0 Å². The Morgan fingerprint density at radius 3 is 2.61 bits per heavy atom. The summed E-state index contributed by atoms with van der Waals surface area (Å²) in [7, 11) is 0. The quantitative estimate of drug-likeness (QED) is 0.214. The normalized spacial score (nSPS) is 11.6. The van der Waals surface area contributed by atoms with Crippen LogP contribution >= 0.6 is 11.3 Å². The zero-order valence-electron chi connectivity index (χ0n) is 19.7. The average molecular weight is 494 g/mol. The second kappa shape index (κ2) is 10.1. The number of esters is 1. The van der Waals surface area contributed by atoms with Gasteiger partial charge >= 0.3 is 5.97 Å². The monoisotopic (exact) mass is 493 g/mol. The number of fused-ring (bicyclic) bond motifs is 2. The third-order valence-electron chi connectivity index (χ3n) is 5.72. The van der Waals surface area contributed by atoms with Crippen molar-refractivity contribution in [3.63, 3.8) is 0 Å². The number of carbonyl (C=O) groups is 2. The van der Waals surface area contributed by atoms with Gasteiger partial charge < -0.3 is 9.30 Å². The highest BCUT2D eigenvalue weighted by molar-refractivity contribution is 7.16. The number of ether oxygens (including phenoxy) is 1. The van der Waals surface area contributed by atoms with Crippen LogP contribution in [0.4, 0.5) is 0 Å². The molecule has 0 aliphatic rings. The molecule has 0 aliphatic heterocycles. The molecule has 0 saturated carbocycles. The topological polar surface area (TPSA) is 73.5 Å². The predicted octanol–water partition coefficient (Wildman–Crippen LogP) is 6.02. The van der Waals surface area contributed by atoms with Gasteiger partial charge in [-0.05, 0) is 37.3 Å². The van der Waals surface area contributed by atoms with E-state index in [4.69, 9.17) is 9.72 Å². The summed E-state index contributed by atoms with van der Waals surface area (Å²) in [5.41, 5.74) is 4.17. The van der Waals surface area contributed by atoms with Gasteiger partial charge in [-0.2, -0.15) is 4.99 Å². The van der Waals surface area contributed by atoms with Gasteiger partial charge in [-0.25, -0.2) is 9.78 Å². The molecule has 36 heavy (non-hydrogen) atoms. The van der Waals surface area contributed by atoms with Gasteiger partial charge in [0, 0.05) is 17.5 Å². The zero-order valence-corrected chi connectivity index (χ0v) is 20.5. The number of pyridine rings is 1. The molecule has 0 unspecified atom stereocenters. The average Bonchev–Trinajstić information content (AvgIpc) is 3.24. The molecule has 3 aromatic carbocycles. The molecular weight excluding hydrogens is 470 g/mol. The number of aromatic nitrogens is 2. The third-order valence-corrected chi connectivity index (χ3v) is 6.76. The molecule has 0 spiro atoms. The van der Waals surface area contributed by atoms with Crippen molar-refractivity contribution in [2.75, 3.05) is 6.61 Å². The highest BCUT2D eigenvalue weighted by atomic mass is 32.1. The Bertz CT molecular complexity index is 1680. The van der Waals surface area contributed by atoms with Gasteiger partial charge in [0.1, 0.15) is 0 Å². The summed E-state index contributed by atoms with van der Waals surface area (Å²) in [6.45, 7) is 6.40. The Hall–Kier alpha value is -4.36. The van der Waals surface area contributed by atoms with Crippen molar-refractivity contribution in [3.05, 3.63) is 107 Å². The molecule has 2 aromatic heterocycles. The molecule has 0 fully saturated rings. The SMILES string of the molecule is C=CCn1c(=NC(=O)c2cc(-c3ccccc3)nc3ccccc23)sc2cc(C(=O)OCC)ccc21. The van der Waals surface area contributed by atoms with Crippen LogP contribution in [0.15, 0.2) is 96.5 Å². The van der Waals surface area contributed by atoms with Crippen LogP contribution in [0.3, 0.4) is 0 Å². The van der Waals surface area contributed by atoms with Gasteiger partial charge in [0.25, 0.3) is 5.91 Å². The lowest BCUT2D eigenvalue weighted by Gasteiger charge is -2.08. The number of allylic oxidation sites excluding steroid dienone is 1.